The Morgan fingerprint density at radius 3 is 2.54 bits per heavy atom. The van der Waals surface area contributed by atoms with E-state index < -0.39 is 11.9 Å². The van der Waals surface area contributed by atoms with Crippen LogP contribution in [0.4, 0.5) is 0 Å². The first kappa shape index (κ1) is 20.1. The van der Waals surface area contributed by atoms with Crippen molar-refractivity contribution >= 4 is 40.6 Å². The highest BCUT2D eigenvalue weighted by atomic mass is 35.5. The minimum Gasteiger partial charge on any atom is -0.456 e. The van der Waals surface area contributed by atoms with Gasteiger partial charge in [-0.25, -0.2) is 0 Å². The molecule has 0 saturated carbocycles. The summed E-state index contributed by atoms with van der Waals surface area (Å²) in [6.45, 7) is 3.69. The van der Waals surface area contributed by atoms with E-state index in [0.717, 1.165) is 15.3 Å². The molecule has 138 valence electrons. The largest absolute Gasteiger partial charge is 0.456 e. The molecule has 0 bridgehead atoms. The lowest BCUT2D eigenvalue weighted by atomic mass is 10.1. The van der Waals surface area contributed by atoms with E-state index in [9.17, 15) is 14.4 Å². The van der Waals surface area contributed by atoms with Crippen LogP contribution in [0.25, 0.3) is 0 Å². The number of halogens is 1. The summed E-state index contributed by atoms with van der Waals surface area (Å²) in [4.78, 5) is 37.6. The van der Waals surface area contributed by atoms with Gasteiger partial charge in [-0.3, -0.25) is 14.4 Å². The van der Waals surface area contributed by atoms with E-state index in [-0.39, 0.29) is 31.8 Å². The molecule has 1 N–H and O–H groups in total. The molecule has 1 heterocycles. The number of nitrogens with one attached hydrogen (secondary N) is 1. The lowest BCUT2D eigenvalue weighted by Gasteiger charge is -2.07. The summed E-state index contributed by atoms with van der Waals surface area (Å²) in [5.74, 6) is -1.09. The lowest BCUT2D eigenvalue weighted by molar-refractivity contribution is -0.148. The minimum absolute atomic E-state index is 0.0506. The van der Waals surface area contributed by atoms with Gasteiger partial charge < -0.3 is 10.1 Å². The first-order chi connectivity index (χ1) is 12.4. The number of esters is 1. The fourth-order valence-corrected chi connectivity index (χ4v) is 3.51. The van der Waals surface area contributed by atoms with Crippen molar-refractivity contribution in [3.63, 3.8) is 0 Å². The van der Waals surface area contributed by atoms with Crippen LogP contribution in [-0.4, -0.2) is 24.3 Å². The Kier molecular flexibility index (Phi) is 7.36. The summed E-state index contributed by atoms with van der Waals surface area (Å²) in [6, 6.07) is 8.98. The lowest BCUT2D eigenvalue weighted by Crippen LogP contribution is -2.28. The van der Waals surface area contributed by atoms with Crippen molar-refractivity contribution in [1.82, 2.24) is 5.32 Å². The van der Waals surface area contributed by atoms with Crippen molar-refractivity contribution in [2.45, 2.75) is 33.2 Å². The Morgan fingerprint density at radius 2 is 1.88 bits per heavy atom. The van der Waals surface area contributed by atoms with Gasteiger partial charge in [-0.05, 0) is 31.5 Å². The van der Waals surface area contributed by atoms with Crippen LogP contribution in [0, 0.1) is 13.8 Å². The number of Topliss-reactive ketones (excluding diaryl/α,β-unsaturated/α-hetero) is 1. The Labute approximate surface area is 161 Å². The van der Waals surface area contributed by atoms with Gasteiger partial charge in [0.2, 0.25) is 0 Å². The van der Waals surface area contributed by atoms with E-state index in [1.165, 1.54) is 0 Å². The maximum absolute atomic E-state index is 12.1. The molecule has 0 aliphatic rings. The highest BCUT2D eigenvalue weighted by Gasteiger charge is 2.15. The van der Waals surface area contributed by atoms with Crippen molar-refractivity contribution in [3.8, 4) is 0 Å². The number of hydrogen-bond acceptors (Lipinski definition) is 5. The molecule has 5 nitrogen and oxygen atoms in total. The molecule has 0 unspecified atom stereocenters. The van der Waals surface area contributed by atoms with Gasteiger partial charge in [0.1, 0.15) is 0 Å². The predicted octanol–water partition coefficient (Wildman–Crippen LogP) is 3.84. The topological polar surface area (TPSA) is 72.5 Å². The second kappa shape index (κ2) is 9.50. The molecule has 0 aliphatic carbocycles. The molecule has 0 fully saturated rings. The summed E-state index contributed by atoms with van der Waals surface area (Å²) in [5.41, 5.74) is 1.43. The quantitative estimate of drug-likeness (QED) is 0.546. The van der Waals surface area contributed by atoms with Gasteiger partial charge >= 0.3 is 5.97 Å². The fraction of sp³-hybridized carbons (Fsp3) is 0.316. The van der Waals surface area contributed by atoms with Crippen LogP contribution >= 0.6 is 22.9 Å². The van der Waals surface area contributed by atoms with Crippen LogP contribution in [-0.2, 0) is 20.9 Å². The molecule has 0 radical (unpaired) electrons. The van der Waals surface area contributed by atoms with E-state index >= 15 is 0 Å². The van der Waals surface area contributed by atoms with E-state index in [4.69, 9.17) is 16.3 Å². The summed E-state index contributed by atoms with van der Waals surface area (Å²) in [5, 5.41) is 3.19. The SMILES string of the molecule is Cc1cc(C(=O)CCC(=O)OCC(=O)NCc2ccccc2Cl)c(C)s1. The van der Waals surface area contributed by atoms with Crippen molar-refractivity contribution in [3.05, 3.63) is 56.2 Å². The zero-order chi connectivity index (χ0) is 19.1. The van der Waals surface area contributed by atoms with Gasteiger partial charge in [-0.2, -0.15) is 0 Å². The number of hydrogen-bond donors (Lipinski definition) is 1. The molecule has 0 aliphatic heterocycles. The predicted molar refractivity (Wildman–Crippen MR) is 102 cm³/mol. The van der Waals surface area contributed by atoms with Crippen LogP contribution in [0.1, 0.15) is 38.5 Å². The van der Waals surface area contributed by atoms with E-state index in [1.807, 2.05) is 26.0 Å². The Balaban J connectivity index is 1.69. The van der Waals surface area contributed by atoms with Crippen LogP contribution in [0.3, 0.4) is 0 Å². The van der Waals surface area contributed by atoms with Gasteiger partial charge in [0.25, 0.3) is 5.91 Å². The maximum atomic E-state index is 12.1. The van der Waals surface area contributed by atoms with Gasteiger partial charge in [-0.1, -0.05) is 29.8 Å². The average molecular weight is 394 g/mol. The third kappa shape index (κ3) is 5.97. The van der Waals surface area contributed by atoms with Crippen molar-refractivity contribution in [1.29, 1.82) is 0 Å². The second-order valence-corrected chi connectivity index (χ2v) is 7.65. The van der Waals surface area contributed by atoms with Gasteiger partial charge in [-0.15, -0.1) is 11.3 Å². The van der Waals surface area contributed by atoms with Crippen molar-refractivity contribution in [2.24, 2.45) is 0 Å². The molecule has 0 saturated heterocycles. The summed E-state index contributed by atoms with van der Waals surface area (Å²) in [7, 11) is 0. The zero-order valence-corrected chi connectivity index (χ0v) is 16.2. The molecule has 2 aromatic rings. The Morgan fingerprint density at radius 1 is 1.15 bits per heavy atom. The third-order valence-corrected chi connectivity index (χ3v) is 5.03. The Bertz CT molecular complexity index is 816. The van der Waals surface area contributed by atoms with Gasteiger partial charge in [0, 0.05) is 33.3 Å². The summed E-state index contributed by atoms with van der Waals surface area (Å²) >= 11 is 7.55. The zero-order valence-electron chi connectivity index (χ0n) is 14.6. The fourth-order valence-electron chi connectivity index (χ4n) is 2.36. The highest BCUT2D eigenvalue weighted by molar-refractivity contribution is 7.12. The third-order valence-electron chi connectivity index (χ3n) is 3.70. The molecule has 1 amide bonds. The number of ether oxygens (including phenoxy) is 1. The number of amides is 1. The first-order valence-corrected chi connectivity index (χ1v) is 9.32. The summed E-state index contributed by atoms with van der Waals surface area (Å²) in [6.07, 6.45) is 0.0159. The van der Waals surface area contributed by atoms with Crippen LogP contribution in [0.5, 0.6) is 0 Å². The van der Waals surface area contributed by atoms with Crippen LogP contribution < -0.4 is 5.32 Å². The van der Waals surface area contributed by atoms with E-state index in [1.54, 1.807) is 29.5 Å². The Hall–Kier alpha value is -2.18. The number of thiophene rings is 1. The van der Waals surface area contributed by atoms with Gasteiger partial charge in [0.15, 0.2) is 12.4 Å². The van der Waals surface area contributed by atoms with Crippen molar-refractivity contribution in [2.75, 3.05) is 6.61 Å². The summed E-state index contributed by atoms with van der Waals surface area (Å²) < 4.78 is 4.91. The number of ketones is 1. The molecule has 0 atom stereocenters. The number of rotatable bonds is 8. The molecule has 1 aromatic heterocycles. The molecular weight excluding hydrogens is 374 g/mol. The normalized spacial score (nSPS) is 10.4. The molecule has 26 heavy (non-hydrogen) atoms. The average Bonchev–Trinajstić information content (AvgIpc) is 2.95. The van der Waals surface area contributed by atoms with Gasteiger partial charge in [0.05, 0.1) is 6.42 Å². The first-order valence-electron chi connectivity index (χ1n) is 8.12. The number of carbonyl (C=O) groups excluding carboxylic acids is 3. The standard InChI is InChI=1S/C19H20ClNO4S/c1-12-9-15(13(2)26-12)17(22)7-8-19(24)25-11-18(23)21-10-14-5-3-4-6-16(14)20/h3-6,9H,7-8,10-11H2,1-2H3,(H,21,23). The van der Waals surface area contributed by atoms with E-state index in [2.05, 4.69) is 5.32 Å². The molecule has 2 rings (SSSR count). The van der Waals surface area contributed by atoms with Crippen LogP contribution in [0.2, 0.25) is 5.02 Å². The second-order valence-electron chi connectivity index (χ2n) is 5.78. The number of carbonyl (C=O) groups is 3. The molecular formula is C19H20ClNO4S. The van der Waals surface area contributed by atoms with Crippen LogP contribution in [0.15, 0.2) is 30.3 Å². The number of aryl methyl sites for hydroxylation is 2. The monoisotopic (exact) mass is 393 g/mol. The van der Waals surface area contributed by atoms with E-state index in [0.29, 0.717) is 10.6 Å². The molecule has 7 heteroatoms. The molecule has 1 aromatic carbocycles. The maximum Gasteiger partial charge on any atom is 0.306 e. The van der Waals surface area contributed by atoms with Crippen molar-refractivity contribution < 1.29 is 19.1 Å². The minimum atomic E-state index is -0.573. The highest BCUT2D eigenvalue weighted by Crippen LogP contribution is 2.22. The molecule has 0 spiro atoms. The number of benzene rings is 1. The smallest absolute Gasteiger partial charge is 0.306 e.